The first-order chi connectivity index (χ1) is 8.85. The second-order valence-corrected chi connectivity index (χ2v) is 7.22. The third-order valence-electron chi connectivity index (χ3n) is 3.72. The van der Waals surface area contributed by atoms with Gasteiger partial charge in [0.25, 0.3) is 0 Å². The summed E-state index contributed by atoms with van der Waals surface area (Å²) in [5.74, 6) is 0.220. The molecule has 4 nitrogen and oxygen atoms in total. The fourth-order valence-corrected chi connectivity index (χ4v) is 3.22. The smallest absolute Gasteiger partial charge is 0.240 e. The largest absolute Gasteiger partial charge is 0.389 e. The zero-order valence-electron chi connectivity index (χ0n) is 11.4. The van der Waals surface area contributed by atoms with Crippen LogP contribution in [0.15, 0.2) is 29.2 Å². The Labute approximate surface area is 114 Å². The monoisotopic (exact) mass is 283 g/mol. The minimum atomic E-state index is -3.53. The third-order valence-corrected chi connectivity index (χ3v) is 5.14. The molecular formula is C14H21NO3S. The average Bonchev–Trinajstić information content (AvgIpc) is 3.21. The number of sulfonamides is 1. The van der Waals surface area contributed by atoms with Crippen LogP contribution in [0.2, 0.25) is 0 Å². The quantitative estimate of drug-likeness (QED) is 0.835. The van der Waals surface area contributed by atoms with Crippen LogP contribution in [0.25, 0.3) is 0 Å². The second kappa shape index (κ2) is 5.23. The van der Waals surface area contributed by atoms with E-state index in [1.165, 1.54) is 0 Å². The van der Waals surface area contributed by atoms with Gasteiger partial charge in [0.05, 0.1) is 10.5 Å². The van der Waals surface area contributed by atoms with Crippen molar-refractivity contribution in [2.45, 2.75) is 43.6 Å². The van der Waals surface area contributed by atoms with Crippen molar-refractivity contribution in [3.05, 3.63) is 29.8 Å². The van der Waals surface area contributed by atoms with Crippen molar-refractivity contribution in [1.29, 1.82) is 0 Å². The molecule has 1 aromatic rings. The first-order valence-corrected chi connectivity index (χ1v) is 8.14. The molecule has 1 aromatic carbocycles. The van der Waals surface area contributed by atoms with Gasteiger partial charge < -0.3 is 5.11 Å². The molecule has 2 rings (SSSR count). The highest BCUT2D eigenvalue weighted by Crippen LogP contribution is 2.39. The van der Waals surface area contributed by atoms with Gasteiger partial charge >= 0.3 is 0 Å². The van der Waals surface area contributed by atoms with Crippen LogP contribution in [0, 0.1) is 5.92 Å². The Morgan fingerprint density at radius 1 is 1.32 bits per heavy atom. The summed E-state index contributed by atoms with van der Waals surface area (Å²) in [5, 5.41) is 10.1. The van der Waals surface area contributed by atoms with Crippen LogP contribution in [-0.4, -0.2) is 25.7 Å². The zero-order valence-corrected chi connectivity index (χ0v) is 12.2. The highest BCUT2D eigenvalue weighted by molar-refractivity contribution is 7.89. The van der Waals surface area contributed by atoms with Gasteiger partial charge in [-0.1, -0.05) is 19.1 Å². The number of aryl methyl sites for hydroxylation is 1. The molecule has 19 heavy (non-hydrogen) atoms. The molecule has 1 fully saturated rings. The van der Waals surface area contributed by atoms with Gasteiger partial charge in [0.15, 0.2) is 0 Å². The predicted octanol–water partition coefficient (Wildman–Crippen LogP) is 1.69. The molecule has 0 amide bonds. The molecule has 0 aliphatic heterocycles. The summed E-state index contributed by atoms with van der Waals surface area (Å²) < 4.78 is 26.7. The van der Waals surface area contributed by atoms with Crippen LogP contribution in [0.1, 0.15) is 32.3 Å². The van der Waals surface area contributed by atoms with E-state index in [1.54, 1.807) is 19.1 Å². The fraction of sp³-hybridized carbons (Fsp3) is 0.571. The second-order valence-electron chi connectivity index (χ2n) is 5.45. The molecule has 0 spiro atoms. The Hall–Kier alpha value is -0.910. The van der Waals surface area contributed by atoms with Crippen molar-refractivity contribution in [3.63, 3.8) is 0 Å². The number of aliphatic hydroxyl groups is 1. The molecule has 0 aromatic heterocycles. The van der Waals surface area contributed by atoms with Crippen molar-refractivity contribution in [2.75, 3.05) is 6.54 Å². The van der Waals surface area contributed by atoms with E-state index in [9.17, 15) is 13.5 Å². The maximum Gasteiger partial charge on any atom is 0.240 e. The summed E-state index contributed by atoms with van der Waals surface area (Å²) in [5.41, 5.74) is 0.153. The third kappa shape index (κ3) is 3.55. The molecule has 1 saturated carbocycles. The predicted molar refractivity (Wildman–Crippen MR) is 74.4 cm³/mol. The maximum absolute atomic E-state index is 12.1. The van der Waals surface area contributed by atoms with Gasteiger partial charge in [0.1, 0.15) is 0 Å². The SMILES string of the molecule is CCc1ccc(S(=O)(=O)NCC(C)(O)C2CC2)cc1. The van der Waals surface area contributed by atoms with Gasteiger partial charge in [0, 0.05) is 6.54 Å². The van der Waals surface area contributed by atoms with Crippen molar-refractivity contribution < 1.29 is 13.5 Å². The van der Waals surface area contributed by atoms with Crippen molar-refractivity contribution in [1.82, 2.24) is 4.72 Å². The van der Waals surface area contributed by atoms with Gasteiger partial charge in [-0.3, -0.25) is 0 Å². The standard InChI is InChI=1S/C14H21NO3S/c1-3-11-4-8-13(9-5-11)19(17,18)15-10-14(2,16)12-6-7-12/h4-5,8-9,12,15-16H,3,6-7,10H2,1-2H3. The summed E-state index contributed by atoms with van der Waals surface area (Å²) in [7, 11) is -3.53. The van der Waals surface area contributed by atoms with Crippen LogP contribution in [-0.2, 0) is 16.4 Å². The van der Waals surface area contributed by atoms with E-state index in [2.05, 4.69) is 4.72 Å². The van der Waals surface area contributed by atoms with Gasteiger partial charge in [-0.25, -0.2) is 13.1 Å². The summed E-state index contributed by atoms with van der Waals surface area (Å²) in [6.07, 6.45) is 2.82. The van der Waals surface area contributed by atoms with Gasteiger partial charge in [-0.2, -0.15) is 0 Å². The number of nitrogens with one attached hydrogen (secondary N) is 1. The molecule has 0 saturated heterocycles. The van der Waals surface area contributed by atoms with Crippen LogP contribution in [0.5, 0.6) is 0 Å². The molecule has 106 valence electrons. The lowest BCUT2D eigenvalue weighted by Crippen LogP contribution is -2.42. The molecule has 0 radical (unpaired) electrons. The minimum absolute atomic E-state index is 0.0650. The van der Waals surface area contributed by atoms with E-state index in [0.717, 1.165) is 24.8 Å². The lowest BCUT2D eigenvalue weighted by molar-refractivity contribution is 0.0422. The van der Waals surface area contributed by atoms with Crippen LogP contribution >= 0.6 is 0 Å². The Morgan fingerprint density at radius 3 is 2.37 bits per heavy atom. The number of hydrogen-bond donors (Lipinski definition) is 2. The van der Waals surface area contributed by atoms with E-state index in [4.69, 9.17) is 0 Å². The molecule has 1 aliphatic carbocycles. The summed E-state index contributed by atoms with van der Waals surface area (Å²) >= 11 is 0. The fourth-order valence-electron chi connectivity index (χ4n) is 2.08. The van der Waals surface area contributed by atoms with E-state index in [-0.39, 0.29) is 17.4 Å². The molecule has 5 heteroatoms. The Bertz CT molecular complexity index is 530. The first-order valence-electron chi connectivity index (χ1n) is 6.66. The van der Waals surface area contributed by atoms with E-state index >= 15 is 0 Å². The Balaban J connectivity index is 2.04. The van der Waals surface area contributed by atoms with Gasteiger partial charge in [-0.15, -0.1) is 0 Å². The van der Waals surface area contributed by atoms with Gasteiger partial charge in [0.2, 0.25) is 10.0 Å². The van der Waals surface area contributed by atoms with Crippen LogP contribution in [0.4, 0.5) is 0 Å². The molecule has 2 N–H and O–H groups in total. The Kier molecular flexibility index (Phi) is 3.99. The molecule has 1 aliphatic rings. The topological polar surface area (TPSA) is 66.4 Å². The highest BCUT2D eigenvalue weighted by Gasteiger charge is 2.40. The van der Waals surface area contributed by atoms with E-state index in [1.807, 2.05) is 19.1 Å². The number of benzene rings is 1. The number of rotatable bonds is 6. The first kappa shape index (κ1) is 14.5. The van der Waals surface area contributed by atoms with Crippen LogP contribution in [0.3, 0.4) is 0 Å². The Morgan fingerprint density at radius 2 is 1.89 bits per heavy atom. The normalized spacial score (nSPS) is 19.1. The summed E-state index contributed by atoms with van der Waals surface area (Å²) in [6.45, 7) is 3.78. The molecule has 0 bridgehead atoms. The van der Waals surface area contributed by atoms with E-state index in [0.29, 0.717) is 0 Å². The van der Waals surface area contributed by atoms with Crippen LogP contribution < -0.4 is 4.72 Å². The van der Waals surface area contributed by atoms with Crippen molar-refractivity contribution in [2.24, 2.45) is 5.92 Å². The molecule has 1 atom stereocenters. The summed E-state index contributed by atoms with van der Waals surface area (Å²) in [4.78, 5) is 0.247. The average molecular weight is 283 g/mol. The lowest BCUT2D eigenvalue weighted by Gasteiger charge is -2.23. The zero-order chi connectivity index (χ0) is 14.1. The molecule has 1 unspecified atom stereocenters. The molecule has 0 heterocycles. The highest BCUT2D eigenvalue weighted by atomic mass is 32.2. The lowest BCUT2D eigenvalue weighted by atomic mass is 10.0. The minimum Gasteiger partial charge on any atom is -0.389 e. The van der Waals surface area contributed by atoms with Gasteiger partial charge in [-0.05, 0) is 49.8 Å². The maximum atomic E-state index is 12.1. The van der Waals surface area contributed by atoms with Crippen molar-refractivity contribution in [3.8, 4) is 0 Å². The van der Waals surface area contributed by atoms with E-state index < -0.39 is 15.6 Å². The summed E-state index contributed by atoms with van der Waals surface area (Å²) in [6, 6.07) is 6.83. The van der Waals surface area contributed by atoms with Crippen molar-refractivity contribution >= 4 is 10.0 Å². The number of hydrogen-bond acceptors (Lipinski definition) is 3. The molecular weight excluding hydrogens is 262 g/mol.